The summed E-state index contributed by atoms with van der Waals surface area (Å²) in [6.45, 7) is 4.24. The molecule has 190 valence electrons. The molecular weight excluding hydrogens is 517 g/mol. The maximum absolute atomic E-state index is 13.4. The summed E-state index contributed by atoms with van der Waals surface area (Å²) in [6.07, 6.45) is 2.46. The van der Waals surface area contributed by atoms with Gasteiger partial charge in [-0.1, -0.05) is 60.5 Å². The van der Waals surface area contributed by atoms with Crippen LogP contribution in [0.3, 0.4) is 0 Å². The molecule has 9 heteroatoms. The van der Waals surface area contributed by atoms with Gasteiger partial charge in [0.05, 0.1) is 10.6 Å². The van der Waals surface area contributed by atoms with Gasteiger partial charge >= 0.3 is 0 Å². The molecule has 6 nitrogen and oxygen atoms in total. The number of hydrogen-bond donors (Lipinski definition) is 1. The maximum atomic E-state index is 13.4. The second-order valence-corrected chi connectivity index (χ2v) is 11.8. The highest BCUT2D eigenvalue weighted by molar-refractivity contribution is 7.92. The van der Waals surface area contributed by atoms with Crippen LogP contribution in [0.5, 0.6) is 0 Å². The van der Waals surface area contributed by atoms with Crippen molar-refractivity contribution in [3.8, 4) is 0 Å². The minimum atomic E-state index is -4.04. The Hall–Kier alpha value is -2.74. The largest absolute Gasteiger partial charge is 0.371 e. The molecule has 0 saturated carbocycles. The van der Waals surface area contributed by atoms with E-state index in [0.717, 1.165) is 23.0 Å². The first-order valence-electron chi connectivity index (χ1n) is 11.9. The van der Waals surface area contributed by atoms with Gasteiger partial charge in [-0.3, -0.25) is 9.10 Å². The highest BCUT2D eigenvalue weighted by Crippen LogP contribution is 2.29. The summed E-state index contributed by atoms with van der Waals surface area (Å²) in [6, 6.07) is 20.5. The fourth-order valence-electron chi connectivity index (χ4n) is 4.35. The number of sulfonamides is 1. The summed E-state index contributed by atoms with van der Waals surface area (Å²) >= 11 is 12.3. The van der Waals surface area contributed by atoms with Gasteiger partial charge in [0.1, 0.15) is 6.54 Å². The van der Waals surface area contributed by atoms with Crippen LogP contribution in [0.4, 0.5) is 11.4 Å². The number of halogens is 2. The Balaban J connectivity index is 1.47. The van der Waals surface area contributed by atoms with E-state index in [1.165, 1.54) is 48.9 Å². The number of rotatable bonds is 8. The Morgan fingerprint density at radius 2 is 1.69 bits per heavy atom. The molecule has 3 aromatic carbocycles. The van der Waals surface area contributed by atoms with Gasteiger partial charge < -0.3 is 10.2 Å². The van der Waals surface area contributed by atoms with Crippen LogP contribution in [-0.4, -0.2) is 34.0 Å². The first-order chi connectivity index (χ1) is 17.2. The van der Waals surface area contributed by atoms with Crippen molar-refractivity contribution in [3.05, 3.63) is 88.4 Å². The van der Waals surface area contributed by atoms with Crippen molar-refractivity contribution in [3.63, 3.8) is 0 Å². The first-order valence-corrected chi connectivity index (χ1v) is 14.1. The van der Waals surface area contributed by atoms with E-state index in [-0.39, 0.29) is 27.2 Å². The lowest BCUT2D eigenvalue weighted by Crippen LogP contribution is -2.40. The minimum Gasteiger partial charge on any atom is -0.371 e. The van der Waals surface area contributed by atoms with E-state index in [9.17, 15) is 13.2 Å². The predicted molar refractivity (Wildman–Crippen MR) is 146 cm³/mol. The summed E-state index contributed by atoms with van der Waals surface area (Å²) in [5.41, 5.74) is 2.32. The molecule has 4 rings (SSSR count). The van der Waals surface area contributed by atoms with Gasteiger partial charge in [-0.05, 0) is 66.8 Å². The monoisotopic (exact) mass is 545 g/mol. The third kappa shape index (κ3) is 6.52. The third-order valence-electron chi connectivity index (χ3n) is 6.20. The average Bonchev–Trinajstić information content (AvgIpc) is 2.86. The molecular formula is C27H29Cl2N3O3S. The highest BCUT2D eigenvalue weighted by Gasteiger charge is 2.27. The smallest absolute Gasteiger partial charge is 0.264 e. The second kappa shape index (κ2) is 11.5. The van der Waals surface area contributed by atoms with E-state index >= 15 is 0 Å². The summed E-state index contributed by atoms with van der Waals surface area (Å²) in [7, 11) is -4.04. The van der Waals surface area contributed by atoms with Crippen molar-refractivity contribution in [1.29, 1.82) is 0 Å². The van der Waals surface area contributed by atoms with Crippen LogP contribution in [0.15, 0.2) is 77.7 Å². The lowest BCUT2D eigenvalue weighted by molar-refractivity contribution is -0.119. The number of hydrogen-bond acceptors (Lipinski definition) is 4. The molecule has 0 aromatic heterocycles. The van der Waals surface area contributed by atoms with Crippen LogP contribution in [-0.2, 0) is 21.4 Å². The molecule has 36 heavy (non-hydrogen) atoms. The fourth-order valence-corrected chi connectivity index (χ4v) is 6.29. The number of anilines is 2. The van der Waals surface area contributed by atoms with Crippen molar-refractivity contribution in [2.75, 3.05) is 28.8 Å². The van der Waals surface area contributed by atoms with Crippen LogP contribution < -0.4 is 14.5 Å². The van der Waals surface area contributed by atoms with Crippen LogP contribution in [0.25, 0.3) is 0 Å². The number of piperidine rings is 1. The summed E-state index contributed by atoms with van der Waals surface area (Å²) in [5, 5.41) is 3.38. The molecule has 1 atom stereocenters. The SMILES string of the molecule is CC1CCCN(c2ccc(CNC(=O)CN(c3cc(Cl)cc(Cl)c3)S(=O)(=O)c3ccccc3)cc2)C1. The summed E-state index contributed by atoms with van der Waals surface area (Å²) in [5.74, 6) is 0.238. The average molecular weight is 547 g/mol. The van der Waals surface area contributed by atoms with Gasteiger partial charge in [0, 0.05) is 35.4 Å². The molecule has 1 amide bonds. The molecule has 0 spiro atoms. The molecule has 1 unspecified atom stereocenters. The Morgan fingerprint density at radius 1 is 1.03 bits per heavy atom. The lowest BCUT2D eigenvalue weighted by Gasteiger charge is -2.32. The zero-order valence-electron chi connectivity index (χ0n) is 20.0. The minimum absolute atomic E-state index is 0.0662. The molecule has 1 heterocycles. The maximum Gasteiger partial charge on any atom is 0.264 e. The number of nitrogens with zero attached hydrogens (tertiary/aromatic N) is 2. The lowest BCUT2D eigenvalue weighted by atomic mass is 9.99. The topological polar surface area (TPSA) is 69.7 Å². The molecule has 0 bridgehead atoms. The molecule has 1 saturated heterocycles. The van der Waals surface area contributed by atoms with Crippen LogP contribution in [0.1, 0.15) is 25.3 Å². The van der Waals surface area contributed by atoms with Crippen molar-refractivity contribution in [2.45, 2.75) is 31.2 Å². The zero-order chi connectivity index (χ0) is 25.7. The van der Waals surface area contributed by atoms with Crippen LogP contribution in [0, 0.1) is 5.92 Å². The number of nitrogens with one attached hydrogen (secondary N) is 1. The molecule has 0 aliphatic carbocycles. The van der Waals surface area contributed by atoms with Gasteiger partial charge in [0.15, 0.2) is 0 Å². The molecule has 1 N–H and O–H groups in total. The third-order valence-corrected chi connectivity index (χ3v) is 8.43. The van der Waals surface area contributed by atoms with E-state index < -0.39 is 22.5 Å². The van der Waals surface area contributed by atoms with Gasteiger partial charge in [0.25, 0.3) is 10.0 Å². The van der Waals surface area contributed by atoms with Crippen molar-refractivity contribution in [1.82, 2.24) is 5.32 Å². The number of carbonyl (C=O) groups excluding carboxylic acids is 1. The van der Waals surface area contributed by atoms with Gasteiger partial charge in [-0.15, -0.1) is 0 Å². The Morgan fingerprint density at radius 3 is 2.33 bits per heavy atom. The number of amides is 1. The standard InChI is InChI=1S/C27H29Cl2N3O3S/c1-20-6-5-13-31(18-20)24-11-9-21(10-12-24)17-30-27(33)19-32(25-15-22(28)14-23(29)16-25)36(34,35)26-7-3-2-4-8-26/h2-4,7-12,14-16,20H,5-6,13,17-19H2,1H3,(H,30,33). The van der Waals surface area contributed by atoms with Crippen LogP contribution >= 0.6 is 23.2 Å². The Bertz CT molecular complexity index is 1280. The fraction of sp³-hybridized carbons (Fsp3) is 0.296. The van der Waals surface area contributed by atoms with E-state index in [1.807, 2.05) is 12.1 Å². The van der Waals surface area contributed by atoms with Gasteiger partial charge in [-0.25, -0.2) is 8.42 Å². The first kappa shape index (κ1) is 26.3. The quantitative estimate of drug-likeness (QED) is 0.391. The van der Waals surface area contributed by atoms with Crippen molar-refractivity contribution >= 4 is 50.5 Å². The Labute approximate surface area is 222 Å². The number of benzene rings is 3. The summed E-state index contributed by atoms with van der Waals surface area (Å²) in [4.78, 5) is 15.4. The zero-order valence-corrected chi connectivity index (χ0v) is 22.4. The molecule has 1 fully saturated rings. The van der Waals surface area contributed by atoms with E-state index in [1.54, 1.807) is 18.2 Å². The van der Waals surface area contributed by atoms with Crippen LogP contribution in [0.2, 0.25) is 10.0 Å². The van der Waals surface area contributed by atoms with E-state index in [4.69, 9.17) is 23.2 Å². The van der Waals surface area contributed by atoms with E-state index in [2.05, 4.69) is 29.3 Å². The predicted octanol–water partition coefficient (Wildman–Crippen LogP) is 5.74. The van der Waals surface area contributed by atoms with Gasteiger partial charge in [0.2, 0.25) is 5.91 Å². The number of carbonyl (C=O) groups is 1. The van der Waals surface area contributed by atoms with Crippen molar-refractivity contribution in [2.24, 2.45) is 5.92 Å². The second-order valence-electron chi connectivity index (χ2n) is 9.09. The molecule has 3 aromatic rings. The highest BCUT2D eigenvalue weighted by atomic mass is 35.5. The molecule has 0 radical (unpaired) electrons. The van der Waals surface area contributed by atoms with E-state index in [0.29, 0.717) is 5.92 Å². The molecule has 1 aliphatic rings. The molecule has 1 aliphatic heterocycles. The Kier molecular flexibility index (Phi) is 8.44. The summed E-state index contributed by atoms with van der Waals surface area (Å²) < 4.78 is 27.9. The normalized spacial score (nSPS) is 16.0. The van der Waals surface area contributed by atoms with Gasteiger partial charge in [-0.2, -0.15) is 0 Å². The van der Waals surface area contributed by atoms with Crippen molar-refractivity contribution < 1.29 is 13.2 Å².